The first-order valence-corrected chi connectivity index (χ1v) is 8.97. The normalized spacial score (nSPS) is 18.5. The van der Waals surface area contributed by atoms with Crippen LogP contribution in [0.4, 0.5) is 5.82 Å². The number of rotatable bonds is 4. The third kappa shape index (κ3) is 3.22. The number of fused-ring (bicyclic) bond motifs is 2. The first-order valence-electron chi connectivity index (χ1n) is 8.97. The largest absolute Gasteiger partial charge is 0.480 e. The van der Waals surface area contributed by atoms with Crippen molar-refractivity contribution in [2.24, 2.45) is 0 Å². The molecule has 7 nitrogen and oxygen atoms in total. The van der Waals surface area contributed by atoms with Gasteiger partial charge in [0, 0.05) is 38.0 Å². The number of ether oxygens (including phenoxy) is 1. The Hall–Kier alpha value is -2.67. The average Bonchev–Trinajstić information content (AvgIpc) is 2.98. The second kappa shape index (κ2) is 7.29. The molecule has 0 radical (unpaired) electrons. The van der Waals surface area contributed by atoms with Gasteiger partial charge in [-0.3, -0.25) is 4.79 Å². The highest BCUT2D eigenvalue weighted by Crippen LogP contribution is 2.29. The zero-order valence-corrected chi connectivity index (χ0v) is 14.5. The number of hydrogen-bond acceptors (Lipinski definition) is 6. The monoisotopic (exact) mass is 354 g/mol. The summed E-state index contributed by atoms with van der Waals surface area (Å²) in [5.41, 5.74) is 3.09. The predicted molar refractivity (Wildman–Crippen MR) is 96.2 cm³/mol. The van der Waals surface area contributed by atoms with E-state index in [-0.39, 0.29) is 12.5 Å². The van der Waals surface area contributed by atoms with Crippen molar-refractivity contribution in [3.8, 4) is 5.75 Å². The van der Waals surface area contributed by atoms with Gasteiger partial charge in [0.15, 0.2) is 6.10 Å². The van der Waals surface area contributed by atoms with Gasteiger partial charge >= 0.3 is 0 Å². The van der Waals surface area contributed by atoms with E-state index in [1.807, 2.05) is 29.2 Å². The van der Waals surface area contributed by atoms with Gasteiger partial charge in [-0.2, -0.15) is 0 Å². The minimum absolute atomic E-state index is 0.0341. The maximum Gasteiger partial charge on any atom is 0.264 e. The molecule has 0 unspecified atom stereocenters. The Morgan fingerprint density at radius 2 is 2.12 bits per heavy atom. The number of aromatic nitrogens is 2. The summed E-state index contributed by atoms with van der Waals surface area (Å²) in [4.78, 5) is 23.5. The molecular weight excluding hydrogens is 332 g/mol. The molecule has 2 N–H and O–H groups in total. The molecule has 3 heterocycles. The van der Waals surface area contributed by atoms with Crippen molar-refractivity contribution in [2.75, 3.05) is 31.6 Å². The van der Waals surface area contributed by atoms with E-state index >= 15 is 0 Å². The Kier molecular flexibility index (Phi) is 4.71. The van der Waals surface area contributed by atoms with Crippen LogP contribution in [0.25, 0.3) is 0 Å². The fraction of sp³-hybridized carbons (Fsp3) is 0.421. The molecule has 0 saturated heterocycles. The summed E-state index contributed by atoms with van der Waals surface area (Å²) in [5, 5.41) is 12.2. The first kappa shape index (κ1) is 16.8. The molecule has 4 rings (SSSR count). The molecule has 0 fully saturated rings. The van der Waals surface area contributed by atoms with Gasteiger partial charge in [0.2, 0.25) is 0 Å². The van der Waals surface area contributed by atoms with Gasteiger partial charge in [0.05, 0.1) is 12.3 Å². The number of aliphatic hydroxyl groups is 1. The number of carbonyl (C=O) groups excluding carboxylic acids is 1. The number of anilines is 1. The second-order valence-electron chi connectivity index (χ2n) is 6.54. The summed E-state index contributed by atoms with van der Waals surface area (Å²) in [6, 6.07) is 7.82. The molecule has 1 amide bonds. The topological polar surface area (TPSA) is 87.6 Å². The predicted octanol–water partition coefficient (Wildman–Crippen LogP) is 0.812. The Labute approximate surface area is 152 Å². The van der Waals surface area contributed by atoms with Gasteiger partial charge in [-0.1, -0.05) is 18.2 Å². The quantitative estimate of drug-likeness (QED) is 0.845. The first-order chi connectivity index (χ1) is 12.8. The lowest BCUT2D eigenvalue weighted by Gasteiger charge is -2.23. The molecule has 0 bridgehead atoms. The molecular formula is C19H22N4O3. The van der Waals surface area contributed by atoms with Crippen molar-refractivity contribution in [2.45, 2.75) is 25.4 Å². The van der Waals surface area contributed by atoms with Gasteiger partial charge < -0.3 is 20.1 Å². The smallest absolute Gasteiger partial charge is 0.264 e. The summed E-state index contributed by atoms with van der Waals surface area (Å²) in [6.07, 6.45) is 3.10. The molecule has 0 spiro atoms. The number of carbonyl (C=O) groups is 1. The molecule has 1 aromatic heterocycles. The summed E-state index contributed by atoms with van der Waals surface area (Å²) in [7, 11) is 0. The van der Waals surface area contributed by atoms with Crippen LogP contribution in [0, 0.1) is 0 Å². The number of hydrogen-bond donors (Lipinski definition) is 2. The van der Waals surface area contributed by atoms with Crippen molar-refractivity contribution in [3.05, 3.63) is 47.4 Å². The zero-order chi connectivity index (χ0) is 17.9. The van der Waals surface area contributed by atoms with E-state index in [1.165, 1.54) is 6.33 Å². The molecule has 2 aliphatic heterocycles. The van der Waals surface area contributed by atoms with Crippen LogP contribution in [0.2, 0.25) is 0 Å². The Bertz CT molecular complexity index is 786. The van der Waals surface area contributed by atoms with Crippen LogP contribution >= 0.6 is 0 Å². The number of nitrogens with one attached hydrogen (secondary N) is 1. The summed E-state index contributed by atoms with van der Waals surface area (Å²) >= 11 is 0. The molecule has 0 aliphatic carbocycles. The van der Waals surface area contributed by atoms with Crippen LogP contribution in [0.3, 0.4) is 0 Å². The van der Waals surface area contributed by atoms with Gasteiger partial charge in [-0.25, -0.2) is 9.97 Å². The fourth-order valence-corrected chi connectivity index (χ4v) is 3.60. The van der Waals surface area contributed by atoms with Gasteiger partial charge in [0.1, 0.15) is 17.9 Å². The lowest BCUT2D eigenvalue weighted by molar-refractivity contribution is -0.137. The standard InChI is InChI=1S/C19H22N4O3/c24-10-7-20-18-14-5-8-23(9-6-15(14)21-12-22-18)19(25)17-11-13-3-1-2-4-16(13)26-17/h1-4,12,17,24H,5-11H2,(H,20,21,22)/t17-/m1/s1. The molecule has 0 saturated carbocycles. The van der Waals surface area contributed by atoms with Crippen LogP contribution in [0.1, 0.15) is 16.8 Å². The van der Waals surface area contributed by atoms with E-state index in [4.69, 9.17) is 9.84 Å². The number of benzene rings is 1. The Balaban J connectivity index is 1.45. The van der Waals surface area contributed by atoms with Gasteiger partial charge in [-0.05, 0) is 18.1 Å². The van der Waals surface area contributed by atoms with Gasteiger partial charge in [-0.15, -0.1) is 0 Å². The molecule has 1 aromatic carbocycles. The number of nitrogens with zero attached hydrogens (tertiary/aromatic N) is 3. The van der Waals surface area contributed by atoms with Crippen LogP contribution < -0.4 is 10.1 Å². The molecule has 1 atom stereocenters. The summed E-state index contributed by atoms with van der Waals surface area (Å²) < 4.78 is 5.86. The third-order valence-corrected chi connectivity index (χ3v) is 4.92. The highest BCUT2D eigenvalue weighted by atomic mass is 16.5. The van der Waals surface area contributed by atoms with E-state index in [1.54, 1.807) is 0 Å². The number of amides is 1. The molecule has 136 valence electrons. The van der Waals surface area contributed by atoms with Crippen molar-refractivity contribution in [1.82, 2.24) is 14.9 Å². The van der Waals surface area contributed by atoms with Crippen molar-refractivity contribution in [1.29, 1.82) is 0 Å². The van der Waals surface area contributed by atoms with E-state index < -0.39 is 6.10 Å². The lowest BCUT2D eigenvalue weighted by Crippen LogP contribution is -2.42. The number of aliphatic hydroxyl groups excluding tert-OH is 1. The van der Waals surface area contributed by atoms with Crippen LogP contribution in [0.5, 0.6) is 5.75 Å². The number of para-hydroxylation sites is 1. The second-order valence-corrected chi connectivity index (χ2v) is 6.54. The zero-order valence-electron chi connectivity index (χ0n) is 14.5. The highest BCUT2D eigenvalue weighted by molar-refractivity contribution is 5.82. The van der Waals surface area contributed by atoms with Crippen molar-refractivity contribution in [3.63, 3.8) is 0 Å². The van der Waals surface area contributed by atoms with Crippen molar-refractivity contribution < 1.29 is 14.6 Å². The maximum absolute atomic E-state index is 12.9. The molecule has 26 heavy (non-hydrogen) atoms. The Morgan fingerprint density at radius 3 is 2.96 bits per heavy atom. The SMILES string of the molecule is O=C([C@H]1Cc2ccccc2O1)N1CCc2ncnc(NCCO)c2CC1. The van der Waals surface area contributed by atoms with Gasteiger partial charge in [0.25, 0.3) is 5.91 Å². The average molecular weight is 354 g/mol. The van der Waals surface area contributed by atoms with Crippen LogP contribution in [-0.2, 0) is 24.1 Å². The third-order valence-electron chi connectivity index (χ3n) is 4.92. The van der Waals surface area contributed by atoms with Crippen LogP contribution in [-0.4, -0.2) is 58.2 Å². The minimum atomic E-state index is -0.438. The highest BCUT2D eigenvalue weighted by Gasteiger charge is 2.33. The summed E-state index contributed by atoms with van der Waals surface area (Å²) in [5.74, 6) is 1.60. The molecule has 7 heteroatoms. The maximum atomic E-state index is 12.9. The van der Waals surface area contributed by atoms with Crippen LogP contribution in [0.15, 0.2) is 30.6 Å². The fourth-order valence-electron chi connectivity index (χ4n) is 3.60. The summed E-state index contributed by atoms with van der Waals surface area (Å²) in [6.45, 7) is 1.73. The lowest BCUT2D eigenvalue weighted by atomic mass is 10.1. The molecule has 2 aromatic rings. The van der Waals surface area contributed by atoms with E-state index in [2.05, 4.69) is 15.3 Å². The van der Waals surface area contributed by atoms with Crippen molar-refractivity contribution >= 4 is 11.7 Å². The Morgan fingerprint density at radius 1 is 1.27 bits per heavy atom. The minimum Gasteiger partial charge on any atom is -0.480 e. The molecule has 2 aliphatic rings. The van der Waals surface area contributed by atoms with E-state index in [9.17, 15) is 4.79 Å². The van der Waals surface area contributed by atoms with E-state index in [0.717, 1.165) is 28.4 Å². The van der Waals surface area contributed by atoms with E-state index in [0.29, 0.717) is 38.9 Å².